The Morgan fingerprint density at radius 2 is 2.15 bits per heavy atom. The molecule has 5 heteroatoms. The van der Waals surface area contributed by atoms with Crippen LogP contribution in [0.25, 0.3) is 11.2 Å². The normalized spacial score (nSPS) is 11.4. The molecule has 0 atom stereocenters. The molecular weight excluding hydrogens is 279 g/mol. The Kier molecular flexibility index (Phi) is 2.19. The maximum absolute atomic E-state index is 4.33. The van der Waals surface area contributed by atoms with Gasteiger partial charge < -0.3 is 4.57 Å². The highest BCUT2D eigenvalue weighted by Crippen LogP contribution is 2.14. The van der Waals surface area contributed by atoms with E-state index in [1.165, 1.54) is 0 Å². The fraction of sp³-hybridized carbons (Fsp3) is 0.375. The molecular formula is C8H9IN4. The summed E-state index contributed by atoms with van der Waals surface area (Å²) in [5.41, 5.74) is 1.77. The maximum atomic E-state index is 4.33. The summed E-state index contributed by atoms with van der Waals surface area (Å²) in [5, 5.41) is 0. The van der Waals surface area contributed by atoms with E-state index in [0.717, 1.165) is 15.0 Å². The Labute approximate surface area is 89.5 Å². The van der Waals surface area contributed by atoms with Crippen LogP contribution in [0, 0.1) is 3.83 Å². The number of aromatic nitrogens is 4. The second kappa shape index (κ2) is 3.21. The van der Waals surface area contributed by atoms with Gasteiger partial charge in [0.2, 0.25) is 0 Å². The Balaban J connectivity index is 2.71. The van der Waals surface area contributed by atoms with Crippen molar-refractivity contribution in [3.8, 4) is 0 Å². The van der Waals surface area contributed by atoms with Crippen LogP contribution in [0.15, 0.2) is 12.5 Å². The Bertz CT molecular complexity index is 435. The SMILES string of the molecule is CC(C)n1cnc2cnc(I)nc21. The highest BCUT2D eigenvalue weighted by Gasteiger charge is 2.07. The molecule has 0 bridgehead atoms. The summed E-state index contributed by atoms with van der Waals surface area (Å²) in [5.74, 6) is 0. The Morgan fingerprint density at radius 3 is 2.85 bits per heavy atom. The van der Waals surface area contributed by atoms with Crippen molar-refractivity contribution in [3.05, 3.63) is 16.4 Å². The number of hydrogen-bond acceptors (Lipinski definition) is 3. The van der Waals surface area contributed by atoms with Gasteiger partial charge in [0.25, 0.3) is 0 Å². The fourth-order valence-corrected chi connectivity index (χ4v) is 1.55. The highest BCUT2D eigenvalue weighted by molar-refractivity contribution is 14.1. The van der Waals surface area contributed by atoms with E-state index in [1.807, 2.05) is 4.57 Å². The van der Waals surface area contributed by atoms with Crippen LogP contribution >= 0.6 is 22.6 Å². The van der Waals surface area contributed by atoms with Gasteiger partial charge in [-0.2, -0.15) is 0 Å². The number of fused-ring (bicyclic) bond motifs is 1. The molecule has 0 N–H and O–H groups in total. The van der Waals surface area contributed by atoms with Crippen molar-refractivity contribution in [3.63, 3.8) is 0 Å². The molecule has 2 aromatic rings. The average Bonchev–Trinajstić information content (AvgIpc) is 2.46. The lowest BCUT2D eigenvalue weighted by atomic mass is 10.4. The van der Waals surface area contributed by atoms with E-state index < -0.39 is 0 Å². The molecule has 0 spiro atoms. The zero-order valence-electron chi connectivity index (χ0n) is 7.40. The molecule has 2 aromatic heterocycles. The molecule has 0 aliphatic carbocycles. The van der Waals surface area contributed by atoms with Crippen molar-refractivity contribution in [2.45, 2.75) is 19.9 Å². The minimum absolute atomic E-state index is 0.385. The van der Waals surface area contributed by atoms with Gasteiger partial charge in [0.05, 0.1) is 12.5 Å². The Hall–Kier alpha value is -0.720. The zero-order valence-corrected chi connectivity index (χ0v) is 9.56. The van der Waals surface area contributed by atoms with Gasteiger partial charge in [-0.05, 0) is 13.8 Å². The monoisotopic (exact) mass is 288 g/mol. The van der Waals surface area contributed by atoms with Crippen LogP contribution in [-0.4, -0.2) is 19.5 Å². The minimum atomic E-state index is 0.385. The third-order valence-corrected chi connectivity index (χ3v) is 2.36. The van der Waals surface area contributed by atoms with E-state index in [9.17, 15) is 0 Å². The van der Waals surface area contributed by atoms with E-state index in [-0.39, 0.29) is 0 Å². The molecule has 0 aliphatic rings. The number of rotatable bonds is 1. The quantitative estimate of drug-likeness (QED) is 0.595. The van der Waals surface area contributed by atoms with Gasteiger partial charge in [-0.1, -0.05) is 0 Å². The first-order chi connectivity index (χ1) is 6.18. The van der Waals surface area contributed by atoms with Crippen LogP contribution in [0.5, 0.6) is 0 Å². The van der Waals surface area contributed by atoms with Crippen LogP contribution in [-0.2, 0) is 0 Å². The standard InChI is InChI=1S/C8H9IN4/c1-5(2)13-4-11-6-3-10-8(9)12-7(6)13/h3-5H,1-2H3. The lowest BCUT2D eigenvalue weighted by Gasteiger charge is -2.06. The summed E-state index contributed by atoms with van der Waals surface area (Å²) < 4.78 is 2.80. The first-order valence-corrected chi connectivity index (χ1v) is 5.11. The first-order valence-electron chi connectivity index (χ1n) is 4.03. The molecule has 68 valence electrons. The number of halogens is 1. The number of imidazole rings is 1. The van der Waals surface area contributed by atoms with E-state index in [1.54, 1.807) is 12.5 Å². The largest absolute Gasteiger partial charge is 0.313 e. The van der Waals surface area contributed by atoms with E-state index >= 15 is 0 Å². The summed E-state index contributed by atoms with van der Waals surface area (Å²) in [4.78, 5) is 12.6. The van der Waals surface area contributed by atoms with Crippen molar-refractivity contribution in [1.29, 1.82) is 0 Å². The molecule has 0 fully saturated rings. The summed E-state index contributed by atoms with van der Waals surface area (Å²) >= 11 is 2.10. The van der Waals surface area contributed by atoms with Gasteiger partial charge in [0, 0.05) is 28.6 Å². The van der Waals surface area contributed by atoms with Crippen LogP contribution < -0.4 is 0 Å². The van der Waals surface area contributed by atoms with Gasteiger partial charge in [0.15, 0.2) is 9.48 Å². The Morgan fingerprint density at radius 1 is 1.38 bits per heavy atom. The van der Waals surface area contributed by atoms with Crippen LogP contribution in [0.3, 0.4) is 0 Å². The summed E-state index contributed by atoms with van der Waals surface area (Å²) in [7, 11) is 0. The second-order valence-corrected chi connectivity index (χ2v) is 4.06. The molecule has 0 aliphatic heterocycles. The van der Waals surface area contributed by atoms with Crippen molar-refractivity contribution in [1.82, 2.24) is 19.5 Å². The van der Waals surface area contributed by atoms with Crippen LogP contribution in [0.1, 0.15) is 19.9 Å². The molecule has 2 rings (SSSR count). The second-order valence-electron chi connectivity index (χ2n) is 3.09. The van der Waals surface area contributed by atoms with Crippen LogP contribution in [0.4, 0.5) is 0 Å². The summed E-state index contributed by atoms with van der Waals surface area (Å²) in [6.45, 7) is 4.21. The predicted octanol–water partition coefficient (Wildman–Crippen LogP) is 2.01. The molecule has 2 heterocycles. The molecule has 4 nitrogen and oxygen atoms in total. The summed E-state index contributed by atoms with van der Waals surface area (Å²) in [6.07, 6.45) is 3.56. The molecule has 0 aromatic carbocycles. The third-order valence-electron chi connectivity index (χ3n) is 1.84. The molecule has 0 radical (unpaired) electrons. The van der Waals surface area contributed by atoms with Crippen molar-refractivity contribution < 1.29 is 0 Å². The fourth-order valence-electron chi connectivity index (χ4n) is 1.18. The van der Waals surface area contributed by atoms with E-state index in [4.69, 9.17) is 0 Å². The predicted molar refractivity (Wildman–Crippen MR) is 58.4 cm³/mol. The van der Waals surface area contributed by atoms with Crippen LogP contribution in [0.2, 0.25) is 0 Å². The highest BCUT2D eigenvalue weighted by atomic mass is 127. The van der Waals surface area contributed by atoms with Gasteiger partial charge >= 0.3 is 0 Å². The lowest BCUT2D eigenvalue weighted by molar-refractivity contribution is 0.612. The first kappa shape index (κ1) is 8.86. The summed E-state index contributed by atoms with van der Waals surface area (Å²) in [6, 6.07) is 0.385. The minimum Gasteiger partial charge on any atom is -0.313 e. The van der Waals surface area contributed by atoms with Crippen molar-refractivity contribution in [2.75, 3.05) is 0 Å². The molecule has 0 saturated heterocycles. The molecule has 13 heavy (non-hydrogen) atoms. The van der Waals surface area contributed by atoms with Gasteiger partial charge in [-0.3, -0.25) is 0 Å². The maximum Gasteiger partial charge on any atom is 0.192 e. The molecule has 0 saturated carbocycles. The van der Waals surface area contributed by atoms with E-state index in [0.29, 0.717) is 6.04 Å². The van der Waals surface area contributed by atoms with Gasteiger partial charge in [0.1, 0.15) is 5.52 Å². The number of hydrogen-bond donors (Lipinski definition) is 0. The van der Waals surface area contributed by atoms with Crippen molar-refractivity contribution in [2.24, 2.45) is 0 Å². The van der Waals surface area contributed by atoms with Crippen molar-refractivity contribution >= 4 is 33.8 Å². The average molecular weight is 288 g/mol. The van der Waals surface area contributed by atoms with Gasteiger partial charge in [-0.15, -0.1) is 0 Å². The molecule has 0 unspecified atom stereocenters. The topological polar surface area (TPSA) is 43.6 Å². The van der Waals surface area contributed by atoms with Gasteiger partial charge in [-0.25, -0.2) is 15.0 Å². The zero-order chi connectivity index (χ0) is 9.42. The molecule has 0 amide bonds. The number of nitrogens with zero attached hydrogens (tertiary/aromatic N) is 4. The lowest BCUT2D eigenvalue weighted by Crippen LogP contribution is -2.00. The third kappa shape index (κ3) is 1.52. The van der Waals surface area contributed by atoms with E-state index in [2.05, 4.69) is 51.4 Å². The smallest absolute Gasteiger partial charge is 0.192 e.